The molecule has 3 aromatic rings. The summed E-state index contributed by atoms with van der Waals surface area (Å²) in [5, 5.41) is 12.4. The largest absolute Gasteiger partial charge is 0.497 e. The zero-order valence-electron chi connectivity index (χ0n) is 14.7. The van der Waals surface area contributed by atoms with Crippen molar-refractivity contribution in [1.29, 1.82) is 5.26 Å². The molecule has 134 valence electrons. The van der Waals surface area contributed by atoms with Gasteiger partial charge in [-0.1, -0.05) is 42.5 Å². The molecule has 0 atom stereocenters. The summed E-state index contributed by atoms with van der Waals surface area (Å²) in [6, 6.07) is 19.0. The highest BCUT2D eigenvalue weighted by atomic mass is 32.1. The van der Waals surface area contributed by atoms with E-state index < -0.39 is 5.91 Å². The van der Waals surface area contributed by atoms with Gasteiger partial charge in [-0.25, -0.2) is 4.98 Å². The van der Waals surface area contributed by atoms with Crippen LogP contribution >= 0.6 is 11.3 Å². The van der Waals surface area contributed by atoms with Gasteiger partial charge in [0.2, 0.25) is 0 Å². The number of thiazole rings is 1. The monoisotopic (exact) mass is 375 g/mol. The Kier molecular flexibility index (Phi) is 5.98. The number of hydrogen-bond donors (Lipinski definition) is 1. The van der Waals surface area contributed by atoms with Crippen LogP contribution in [0.15, 0.2) is 66.4 Å². The summed E-state index contributed by atoms with van der Waals surface area (Å²) in [6.07, 6.45) is 4.00. The molecular weight excluding hydrogens is 358 g/mol. The number of carbonyl (C=O) groups excluding carboxylic acids is 1. The van der Waals surface area contributed by atoms with Crippen LogP contribution in [0.2, 0.25) is 0 Å². The van der Waals surface area contributed by atoms with E-state index in [1.54, 1.807) is 19.4 Å². The van der Waals surface area contributed by atoms with Crippen LogP contribution in [0.1, 0.15) is 16.0 Å². The van der Waals surface area contributed by atoms with E-state index in [4.69, 9.17) is 4.74 Å². The van der Waals surface area contributed by atoms with E-state index in [2.05, 4.69) is 10.3 Å². The molecule has 1 heterocycles. The third-order valence-corrected chi connectivity index (χ3v) is 4.70. The number of methoxy groups -OCH3 is 1. The molecule has 1 N–H and O–H groups in total. The first-order chi connectivity index (χ1) is 13.2. The number of carbonyl (C=O) groups is 1. The molecule has 6 heteroatoms. The lowest BCUT2D eigenvalue weighted by Gasteiger charge is -2.02. The molecule has 0 aliphatic rings. The van der Waals surface area contributed by atoms with E-state index in [-0.39, 0.29) is 5.57 Å². The van der Waals surface area contributed by atoms with Crippen molar-refractivity contribution < 1.29 is 9.53 Å². The van der Waals surface area contributed by atoms with Crippen molar-refractivity contribution in [3.8, 4) is 11.8 Å². The smallest absolute Gasteiger partial charge is 0.268 e. The Morgan fingerprint density at radius 1 is 1.22 bits per heavy atom. The molecule has 0 aliphatic carbocycles. The maximum atomic E-state index is 12.3. The fraction of sp³-hybridized carbons (Fsp3) is 0.0952. The summed E-state index contributed by atoms with van der Waals surface area (Å²) in [5.41, 5.74) is 1.95. The van der Waals surface area contributed by atoms with Crippen molar-refractivity contribution in [2.24, 2.45) is 0 Å². The molecule has 5 nitrogen and oxygen atoms in total. The molecule has 0 saturated heterocycles. The zero-order chi connectivity index (χ0) is 19.1. The molecule has 2 aromatic carbocycles. The lowest BCUT2D eigenvalue weighted by atomic mass is 10.1. The zero-order valence-corrected chi connectivity index (χ0v) is 15.5. The molecule has 0 unspecified atom stereocenters. The van der Waals surface area contributed by atoms with Gasteiger partial charge >= 0.3 is 0 Å². The van der Waals surface area contributed by atoms with Crippen LogP contribution in [0.5, 0.6) is 5.75 Å². The Morgan fingerprint density at radius 2 is 1.96 bits per heavy atom. The third-order valence-electron chi connectivity index (χ3n) is 3.79. The summed E-state index contributed by atoms with van der Waals surface area (Å²) >= 11 is 1.39. The number of nitrogens with zero attached hydrogens (tertiary/aromatic N) is 2. The van der Waals surface area contributed by atoms with E-state index in [9.17, 15) is 10.1 Å². The van der Waals surface area contributed by atoms with Crippen molar-refractivity contribution in [2.45, 2.75) is 6.42 Å². The van der Waals surface area contributed by atoms with Crippen LogP contribution < -0.4 is 10.1 Å². The first-order valence-corrected chi connectivity index (χ1v) is 9.05. The highest BCUT2D eigenvalue weighted by molar-refractivity contribution is 7.15. The van der Waals surface area contributed by atoms with Crippen molar-refractivity contribution in [1.82, 2.24) is 4.98 Å². The van der Waals surface area contributed by atoms with E-state index in [0.717, 1.165) is 21.8 Å². The fourth-order valence-corrected chi connectivity index (χ4v) is 3.26. The first-order valence-electron chi connectivity index (χ1n) is 8.24. The highest BCUT2D eigenvalue weighted by Gasteiger charge is 2.12. The van der Waals surface area contributed by atoms with Crippen LogP contribution in [0.25, 0.3) is 6.08 Å². The molecule has 27 heavy (non-hydrogen) atoms. The molecule has 0 radical (unpaired) electrons. The quantitative estimate of drug-likeness (QED) is 0.515. The van der Waals surface area contributed by atoms with Crippen molar-refractivity contribution in [3.63, 3.8) is 0 Å². The summed E-state index contributed by atoms with van der Waals surface area (Å²) in [4.78, 5) is 17.6. The van der Waals surface area contributed by atoms with Crippen LogP contribution in [0.4, 0.5) is 5.13 Å². The predicted octanol–water partition coefficient (Wildman–Crippen LogP) is 4.29. The van der Waals surface area contributed by atoms with Gasteiger partial charge in [0.1, 0.15) is 17.4 Å². The van der Waals surface area contributed by atoms with Crippen molar-refractivity contribution in [2.75, 3.05) is 12.4 Å². The number of amides is 1. The Morgan fingerprint density at radius 3 is 2.63 bits per heavy atom. The summed E-state index contributed by atoms with van der Waals surface area (Å²) in [6.45, 7) is 0. The number of anilines is 1. The average molecular weight is 375 g/mol. The van der Waals surface area contributed by atoms with Gasteiger partial charge in [-0.3, -0.25) is 10.1 Å². The minimum Gasteiger partial charge on any atom is -0.497 e. The number of ether oxygens (including phenoxy) is 1. The van der Waals surface area contributed by atoms with E-state index in [1.807, 2.05) is 60.7 Å². The minimum atomic E-state index is -0.466. The maximum absolute atomic E-state index is 12.3. The summed E-state index contributed by atoms with van der Waals surface area (Å²) in [5.74, 6) is 0.344. The van der Waals surface area contributed by atoms with Crippen molar-refractivity contribution in [3.05, 3.63) is 82.4 Å². The predicted molar refractivity (Wildman–Crippen MR) is 107 cm³/mol. The van der Waals surface area contributed by atoms with Gasteiger partial charge in [0.25, 0.3) is 5.91 Å². The second kappa shape index (κ2) is 8.79. The number of nitrogens with one attached hydrogen (secondary N) is 1. The lowest BCUT2D eigenvalue weighted by molar-refractivity contribution is -0.112. The van der Waals surface area contributed by atoms with Gasteiger partial charge in [-0.15, -0.1) is 11.3 Å². The Bertz CT molecular complexity index is 986. The maximum Gasteiger partial charge on any atom is 0.268 e. The molecule has 0 bridgehead atoms. The Labute approximate surface area is 161 Å². The molecule has 0 fully saturated rings. The topological polar surface area (TPSA) is 75.0 Å². The fourth-order valence-electron chi connectivity index (χ4n) is 2.42. The van der Waals surface area contributed by atoms with Gasteiger partial charge in [-0.05, 0) is 29.3 Å². The molecule has 0 saturated carbocycles. The van der Waals surface area contributed by atoms with Crippen LogP contribution in [-0.2, 0) is 11.2 Å². The van der Waals surface area contributed by atoms with E-state index in [1.165, 1.54) is 11.3 Å². The number of nitriles is 1. The third kappa shape index (κ3) is 5.03. The Hall–Kier alpha value is -3.43. The van der Waals surface area contributed by atoms with Gasteiger partial charge in [0.15, 0.2) is 5.13 Å². The number of benzene rings is 2. The SMILES string of the molecule is COc1ccc(Cc2cnc(NC(=O)/C(C#N)=C\c3ccccc3)s2)cc1. The lowest BCUT2D eigenvalue weighted by Crippen LogP contribution is -2.13. The second-order valence-electron chi connectivity index (χ2n) is 5.69. The van der Waals surface area contributed by atoms with Crippen LogP contribution in [-0.4, -0.2) is 18.0 Å². The van der Waals surface area contributed by atoms with E-state index >= 15 is 0 Å². The minimum absolute atomic E-state index is 0.0353. The summed E-state index contributed by atoms with van der Waals surface area (Å²) in [7, 11) is 1.63. The molecule has 1 aromatic heterocycles. The number of rotatable bonds is 6. The molecular formula is C21H17N3O2S. The van der Waals surface area contributed by atoms with Crippen molar-refractivity contribution >= 4 is 28.5 Å². The molecule has 0 aliphatic heterocycles. The second-order valence-corrected chi connectivity index (χ2v) is 6.81. The normalized spacial score (nSPS) is 10.9. The molecule has 0 spiro atoms. The van der Waals surface area contributed by atoms with Gasteiger partial charge in [-0.2, -0.15) is 5.26 Å². The summed E-state index contributed by atoms with van der Waals surface area (Å²) < 4.78 is 5.15. The Balaban J connectivity index is 1.66. The van der Waals surface area contributed by atoms with Crippen LogP contribution in [0, 0.1) is 11.3 Å². The standard InChI is InChI=1S/C21H17N3O2S/c1-26-18-9-7-16(8-10-18)12-19-14-23-21(27-19)24-20(25)17(13-22)11-15-5-3-2-4-6-15/h2-11,14H,12H2,1H3,(H,23,24,25)/b17-11-. The van der Waals surface area contributed by atoms with Gasteiger partial charge < -0.3 is 4.74 Å². The van der Waals surface area contributed by atoms with Gasteiger partial charge in [0, 0.05) is 17.5 Å². The highest BCUT2D eigenvalue weighted by Crippen LogP contribution is 2.23. The first kappa shape index (κ1) is 18.4. The number of hydrogen-bond acceptors (Lipinski definition) is 5. The molecule has 3 rings (SSSR count). The molecule has 1 amide bonds. The van der Waals surface area contributed by atoms with Crippen LogP contribution in [0.3, 0.4) is 0 Å². The number of aromatic nitrogens is 1. The average Bonchev–Trinajstić information content (AvgIpc) is 3.14. The van der Waals surface area contributed by atoms with E-state index in [0.29, 0.717) is 11.6 Å². The van der Waals surface area contributed by atoms with Gasteiger partial charge in [0.05, 0.1) is 7.11 Å².